The Labute approximate surface area is 128 Å². The number of carbonyl (C=O) groups excluding carboxylic acids is 1. The average molecular weight is 299 g/mol. The van der Waals surface area contributed by atoms with Crippen LogP contribution in [0.1, 0.15) is 11.1 Å². The van der Waals surface area contributed by atoms with Crippen molar-refractivity contribution in [3.8, 4) is 11.8 Å². The van der Waals surface area contributed by atoms with E-state index in [1.807, 2.05) is 48.5 Å². The highest BCUT2D eigenvalue weighted by atomic mass is 32.1. The van der Waals surface area contributed by atoms with Gasteiger partial charge in [0.25, 0.3) is 5.91 Å². The number of nitrogens with zero attached hydrogens (tertiary/aromatic N) is 2. The lowest BCUT2D eigenvalue weighted by Crippen LogP contribution is -2.32. The van der Waals surface area contributed by atoms with Crippen molar-refractivity contribution in [2.45, 2.75) is 6.92 Å². The van der Waals surface area contributed by atoms with Crippen LogP contribution < -0.4 is 10.2 Å². The summed E-state index contributed by atoms with van der Waals surface area (Å²) in [6.45, 7) is 3.24. The molecular weight excluding hydrogens is 282 g/mol. The van der Waals surface area contributed by atoms with E-state index in [-0.39, 0.29) is 5.91 Å². The van der Waals surface area contributed by atoms with E-state index in [1.54, 1.807) is 17.5 Å². The van der Waals surface area contributed by atoms with Gasteiger partial charge in [0.1, 0.15) is 0 Å². The van der Waals surface area contributed by atoms with E-state index in [1.165, 1.54) is 0 Å². The van der Waals surface area contributed by atoms with Crippen LogP contribution in [0.3, 0.4) is 0 Å². The zero-order valence-electron chi connectivity index (χ0n) is 12.1. The van der Waals surface area contributed by atoms with Crippen LogP contribution in [0, 0.1) is 18.8 Å². The van der Waals surface area contributed by atoms with Crippen LogP contribution in [0.2, 0.25) is 0 Å². The second-order valence-electron chi connectivity index (χ2n) is 4.61. The molecule has 0 atom stereocenters. The van der Waals surface area contributed by atoms with Crippen LogP contribution in [0.4, 0.5) is 5.13 Å². The quantitative estimate of drug-likeness (QED) is 0.879. The van der Waals surface area contributed by atoms with Gasteiger partial charge in [-0.15, -0.1) is 11.3 Å². The zero-order chi connectivity index (χ0) is 15.1. The minimum Gasteiger partial charge on any atom is -0.349 e. The van der Waals surface area contributed by atoms with E-state index in [2.05, 4.69) is 22.1 Å². The summed E-state index contributed by atoms with van der Waals surface area (Å²) in [4.78, 5) is 17.9. The Morgan fingerprint density at radius 3 is 3.05 bits per heavy atom. The summed E-state index contributed by atoms with van der Waals surface area (Å²) >= 11 is 1.57. The van der Waals surface area contributed by atoms with E-state index in [9.17, 15) is 4.79 Å². The van der Waals surface area contributed by atoms with E-state index >= 15 is 0 Å². The number of likely N-dealkylation sites (N-methyl/N-ethyl adjacent to an activating group) is 1. The summed E-state index contributed by atoms with van der Waals surface area (Å²) in [6.07, 6.45) is 1.77. The monoisotopic (exact) mass is 299 g/mol. The molecule has 0 unspecified atom stereocenters. The molecule has 1 N–H and O–H groups in total. The van der Waals surface area contributed by atoms with Gasteiger partial charge in [0.2, 0.25) is 0 Å². The Morgan fingerprint density at radius 1 is 1.48 bits per heavy atom. The molecule has 0 aliphatic carbocycles. The molecule has 2 aromatic rings. The summed E-state index contributed by atoms with van der Waals surface area (Å²) in [6, 6.07) is 7.78. The van der Waals surface area contributed by atoms with E-state index in [4.69, 9.17) is 0 Å². The lowest BCUT2D eigenvalue weighted by molar-refractivity contribution is -0.115. The largest absolute Gasteiger partial charge is 0.349 e. The molecule has 4 nitrogen and oxygen atoms in total. The molecule has 1 amide bonds. The van der Waals surface area contributed by atoms with Gasteiger partial charge in [-0.25, -0.2) is 4.98 Å². The average Bonchev–Trinajstić information content (AvgIpc) is 2.99. The number of nitrogens with one attached hydrogen (secondary N) is 1. The van der Waals surface area contributed by atoms with E-state index < -0.39 is 0 Å². The van der Waals surface area contributed by atoms with Gasteiger partial charge in [0.05, 0.1) is 0 Å². The summed E-state index contributed by atoms with van der Waals surface area (Å²) in [5, 5.41) is 5.65. The number of aryl methyl sites for hydroxylation is 1. The fraction of sp³-hybridized carbons (Fsp3) is 0.250. The van der Waals surface area contributed by atoms with Crippen molar-refractivity contribution in [2.75, 3.05) is 25.0 Å². The minimum absolute atomic E-state index is 0.260. The number of aromatic nitrogens is 1. The van der Waals surface area contributed by atoms with Crippen LogP contribution >= 0.6 is 11.3 Å². The Bertz CT molecular complexity index is 656. The second-order valence-corrected chi connectivity index (χ2v) is 5.48. The van der Waals surface area contributed by atoms with Crippen molar-refractivity contribution in [1.29, 1.82) is 0 Å². The van der Waals surface area contributed by atoms with Gasteiger partial charge in [0, 0.05) is 43.2 Å². The molecule has 0 bridgehead atoms. The Balaban J connectivity index is 1.78. The third-order valence-electron chi connectivity index (χ3n) is 2.82. The number of amides is 1. The number of anilines is 1. The van der Waals surface area contributed by atoms with Crippen molar-refractivity contribution in [3.05, 3.63) is 47.0 Å². The second kappa shape index (κ2) is 7.46. The van der Waals surface area contributed by atoms with Crippen molar-refractivity contribution >= 4 is 22.4 Å². The third kappa shape index (κ3) is 4.93. The lowest BCUT2D eigenvalue weighted by atomic mass is 10.1. The number of thiazole rings is 1. The standard InChI is InChI=1S/C16H17N3OS/c1-13-4-3-5-14(12-13)6-7-15(20)17-8-10-19(2)16-18-9-11-21-16/h3-5,9,11-12H,8,10H2,1-2H3,(H,17,20). The van der Waals surface area contributed by atoms with Crippen LogP contribution in [0.5, 0.6) is 0 Å². The number of rotatable bonds is 4. The van der Waals surface area contributed by atoms with Gasteiger partial charge in [-0.3, -0.25) is 4.79 Å². The number of benzene rings is 1. The predicted molar refractivity (Wildman–Crippen MR) is 86.5 cm³/mol. The van der Waals surface area contributed by atoms with Gasteiger partial charge < -0.3 is 10.2 Å². The summed E-state index contributed by atoms with van der Waals surface area (Å²) in [7, 11) is 1.95. The van der Waals surface area contributed by atoms with Crippen LogP contribution in [0.25, 0.3) is 0 Å². The topological polar surface area (TPSA) is 45.2 Å². The van der Waals surface area contributed by atoms with E-state index in [0.29, 0.717) is 13.1 Å². The molecule has 21 heavy (non-hydrogen) atoms. The number of hydrogen-bond acceptors (Lipinski definition) is 4. The van der Waals surface area contributed by atoms with E-state index in [0.717, 1.165) is 16.3 Å². The number of carbonyl (C=O) groups is 1. The number of hydrogen-bond donors (Lipinski definition) is 1. The van der Waals surface area contributed by atoms with Gasteiger partial charge in [-0.05, 0) is 24.6 Å². The maximum Gasteiger partial charge on any atom is 0.296 e. The van der Waals surface area contributed by atoms with Crippen LogP contribution in [-0.4, -0.2) is 31.0 Å². The van der Waals surface area contributed by atoms with Gasteiger partial charge in [-0.1, -0.05) is 18.1 Å². The highest BCUT2D eigenvalue weighted by Crippen LogP contribution is 2.14. The summed E-state index contributed by atoms with van der Waals surface area (Å²) in [5.74, 6) is 5.21. The molecular formula is C16H17N3OS. The molecule has 0 fully saturated rings. The summed E-state index contributed by atoms with van der Waals surface area (Å²) in [5.41, 5.74) is 1.98. The van der Waals surface area contributed by atoms with Crippen molar-refractivity contribution in [3.63, 3.8) is 0 Å². The van der Waals surface area contributed by atoms with Crippen LogP contribution in [0.15, 0.2) is 35.8 Å². The molecule has 0 aliphatic heterocycles. The normalized spacial score (nSPS) is 9.62. The van der Waals surface area contributed by atoms with Crippen molar-refractivity contribution in [1.82, 2.24) is 10.3 Å². The minimum atomic E-state index is -0.260. The molecule has 108 valence electrons. The molecule has 1 aromatic carbocycles. The molecule has 0 spiro atoms. The van der Waals surface area contributed by atoms with Crippen LogP contribution in [-0.2, 0) is 4.79 Å². The van der Waals surface area contributed by atoms with Gasteiger partial charge in [-0.2, -0.15) is 0 Å². The first kappa shape index (κ1) is 15.1. The molecule has 1 heterocycles. The van der Waals surface area contributed by atoms with Crippen molar-refractivity contribution in [2.24, 2.45) is 0 Å². The first-order valence-corrected chi connectivity index (χ1v) is 7.50. The lowest BCUT2D eigenvalue weighted by Gasteiger charge is -2.14. The zero-order valence-corrected chi connectivity index (χ0v) is 12.9. The first-order chi connectivity index (χ1) is 10.1. The fourth-order valence-electron chi connectivity index (χ4n) is 1.73. The maximum atomic E-state index is 11.7. The highest BCUT2D eigenvalue weighted by molar-refractivity contribution is 7.13. The molecule has 2 rings (SSSR count). The smallest absolute Gasteiger partial charge is 0.296 e. The summed E-state index contributed by atoms with van der Waals surface area (Å²) < 4.78 is 0. The fourth-order valence-corrected chi connectivity index (χ4v) is 2.37. The molecule has 0 saturated carbocycles. The Morgan fingerprint density at radius 2 is 2.33 bits per heavy atom. The third-order valence-corrected chi connectivity index (χ3v) is 3.70. The first-order valence-electron chi connectivity index (χ1n) is 6.62. The Hall–Kier alpha value is -2.32. The molecule has 1 aromatic heterocycles. The molecule has 0 saturated heterocycles. The predicted octanol–water partition coefficient (Wildman–Crippen LogP) is 2.06. The highest BCUT2D eigenvalue weighted by Gasteiger charge is 2.03. The maximum absolute atomic E-state index is 11.7. The SMILES string of the molecule is Cc1cccc(C#CC(=O)NCCN(C)c2nccs2)c1. The van der Waals surface area contributed by atoms with Gasteiger partial charge >= 0.3 is 0 Å². The van der Waals surface area contributed by atoms with Gasteiger partial charge in [0.15, 0.2) is 5.13 Å². The Kier molecular flexibility index (Phi) is 5.35. The molecule has 5 heteroatoms. The van der Waals surface area contributed by atoms with Crippen molar-refractivity contribution < 1.29 is 4.79 Å². The molecule has 0 radical (unpaired) electrons. The molecule has 0 aliphatic rings.